The number of carbonyl (C=O) groups excluding carboxylic acids is 1. The number of carbonyl (C=O) groups is 1. The van der Waals surface area contributed by atoms with Gasteiger partial charge in [0.15, 0.2) is 0 Å². The Balaban J connectivity index is 2.14. The summed E-state index contributed by atoms with van der Waals surface area (Å²) in [5, 5.41) is 0.596. The lowest BCUT2D eigenvalue weighted by atomic mass is 10.2. The van der Waals surface area contributed by atoms with Gasteiger partial charge in [-0.3, -0.25) is 4.79 Å². The minimum atomic E-state index is 0.0482. The Hall–Kier alpha value is -1.06. The van der Waals surface area contributed by atoms with Crippen LogP contribution in [-0.2, 0) is 4.74 Å². The summed E-state index contributed by atoms with van der Waals surface area (Å²) in [4.78, 5) is 14.2. The van der Waals surface area contributed by atoms with Crippen LogP contribution in [0, 0.1) is 0 Å². The van der Waals surface area contributed by atoms with E-state index in [9.17, 15) is 4.79 Å². The van der Waals surface area contributed by atoms with Crippen LogP contribution in [0.5, 0.6) is 0 Å². The van der Waals surface area contributed by atoms with Crippen LogP contribution in [0.3, 0.4) is 0 Å². The highest BCUT2D eigenvalue weighted by Gasteiger charge is 2.29. The van der Waals surface area contributed by atoms with Crippen molar-refractivity contribution in [2.24, 2.45) is 0 Å². The molecule has 1 unspecified atom stereocenters. The fraction of sp³-hybridized carbons (Fsp3) is 0.462. The number of likely N-dealkylation sites (tertiary alicyclic amines) is 1. The van der Waals surface area contributed by atoms with E-state index in [-0.39, 0.29) is 11.9 Å². The zero-order valence-corrected chi connectivity index (χ0v) is 10.6. The summed E-state index contributed by atoms with van der Waals surface area (Å²) >= 11 is 5.90. The van der Waals surface area contributed by atoms with E-state index in [4.69, 9.17) is 16.3 Å². The van der Waals surface area contributed by atoms with E-state index in [0.717, 1.165) is 19.4 Å². The summed E-state index contributed by atoms with van der Waals surface area (Å²) < 4.78 is 5.15. The third-order valence-electron chi connectivity index (χ3n) is 3.07. The molecule has 0 aromatic heterocycles. The summed E-state index contributed by atoms with van der Waals surface area (Å²) in [5.74, 6) is 0.0482. The van der Waals surface area contributed by atoms with Crippen molar-refractivity contribution in [3.8, 4) is 0 Å². The van der Waals surface area contributed by atoms with E-state index in [1.807, 2.05) is 4.90 Å². The van der Waals surface area contributed by atoms with E-state index in [1.54, 1.807) is 31.4 Å². The number of ether oxygens (including phenoxy) is 1. The molecule has 0 saturated carbocycles. The maximum atomic E-state index is 12.3. The summed E-state index contributed by atoms with van der Waals surface area (Å²) in [7, 11) is 1.67. The highest BCUT2D eigenvalue weighted by Crippen LogP contribution is 2.21. The number of halogens is 1. The van der Waals surface area contributed by atoms with Crippen LogP contribution < -0.4 is 0 Å². The Morgan fingerprint density at radius 2 is 2.41 bits per heavy atom. The minimum Gasteiger partial charge on any atom is -0.383 e. The first-order chi connectivity index (χ1) is 8.22. The molecule has 1 amide bonds. The van der Waals surface area contributed by atoms with Gasteiger partial charge >= 0.3 is 0 Å². The standard InChI is InChI=1S/C13H16ClNO2/c1-17-9-12-6-3-7-15(12)13(16)10-4-2-5-11(14)8-10/h2,4-5,8,12H,3,6-7,9H2,1H3. The van der Waals surface area contributed by atoms with Crippen molar-refractivity contribution in [1.29, 1.82) is 0 Å². The van der Waals surface area contributed by atoms with Crippen LogP contribution in [0.25, 0.3) is 0 Å². The van der Waals surface area contributed by atoms with E-state index >= 15 is 0 Å². The predicted molar refractivity (Wildman–Crippen MR) is 67.4 cm³/mol. The van der Waals surface area contributed by atoms with Gasteiger partial charge in [-0.05, 0) is 31.0 Å². The lowest BCUT2D eigenvalue weighted by Gasteiger charge is -2.24. The number of hydrogen-bond acceptors (Lipinski definition) is 2. The quantitative estimate of drug-likeness (QED) is 0.829. The Kier molecular flexibility index (Phi) is 4.02. The fourth-order valence-corrected chi connectivity index (χ4v) is 2.45. The van der Waals surface area contributed by atoms with E-state index in [0.29, 0.717) is 17.2 Å². The summed E-state index contributed by atoms with van der Waals surface area (Å²) in [6.07, 6.45) is 2.06. The topological polar surface area (TPSA) is 29.5 Å². The molecular formula is C13H16ClNO2. The Bertz CT molecular complexity index is 408. The zero-order valence-electron chi connectivity index (χ0n) is 9.86. The molecule has 0 N–H and O–H groups in total. The summed E-state index contributed by atoms with van der Waals surface area (Å²) in [5.41, 5.74) is 0.653. The minimum absolute atomic E-state index is 0.0482. The fourth-order valence-electron chi connectivity index (χ4n) is 2.26. The monoisotopic (exact) mass is 253 g/mol. The zero-order chi connectivity index (χ0) is 12.3. The van der Waals surface area contributed by atoms with Gasteiger partial charge in [-0.15, -0.1) is 0 Å². The number of amides is 1. The Morgan fingerprint density at radius 3 is 3.12 bits per heavy atom. The van der Waals surface area contributed by atoms with Gasteiger partial charge in [0.2, 0.25) is 0 Å². The first kappa shape index (κ1) is 12.4. The molecule has 2 rings (SSSR count). The SMILES string of the molecule is COCC1CCCN1C(=O)c1cccc(Cl)c1. The molecular weight excluding hydrogens is 238 g/mol. The molecule has 92 valence electrons. The molecule has 17 heavy (non-hydrogen) atoms. The molecule has 0 spiro atoms. The van der Waals surface area contributed by atoms with Crippen molar-refractivity contribution in [3.63, 3.8) is 0 Å². The third-order valence-corrected chi connectivity index (χ3v) is 3.30. The van der Waals surface area contributed by atoms with Crippen molar-refractivity contribution >= 4 is 17.5 Å². The molecule has 1 fully saturated rings. The molecule has 1 heterocycles. The lowest BCUT2D eigenvalue weighted by Crippen LogP contribution is -2.38. The first-order valence-corrected chi connectivity index (χ1v) is 6.15. The number of hydrogen-bond donors (Lipinski definition) is 0. The number of benzene rings is 1. The second-order valence-corrected chi connectivity index (χ2v) is 4.70. The molecule has 1 aromatic rings. The van der Waals surface area contributed by atoms with Gasteiger partial charge in [0.1, 0.15) is 0 Å². The van der Waals surface area contributed by atoms with Crippen molar-refractivity contribution in [3.05, 3.63) is 34.9 Å². The van der Waals surface area contributed by atoms with Crippen LogP contribution in [0.1, 0.15) is 23.2 Å². The number of rotatable bonds is 3. The normalized spacial score (nSPS) is 19.6. The van der Waals surface area contributed by atoms with Gasteiger partial charge in [0, 0.05) is 24.2 Å². The van der Waals surface area contributed by atoms with E-state index in [2.05, 4.69) is 0 Å². The predicted octanol–water partition coefficient (Wildman–Crippen LogP) is 2.59. The third kappa shape index (κ3) is 2.79. The largest absolute Gasteiger partial charge is 0.383 e. The van der Waals surface area contributed by atoms with Gasteiger partial charge in [0.25, 0.3) is 5.91 Å². The molecule has 1 saturated heterocycles. The van der Waals surface area contributed by atoms with Gasteiger partial charge in [-0.1, -0.05) is 17.7 Å². The molecule has 1 aliphatic heterocycles. The molecule has 1 aromatic carbocycles. The summed E-state index contributed by atoms with van der Waals surface area (Å²) in [6, 6.07) is 7.29. The smallest absolute Gasteiger partial charge is 0.254 e. The summed E-state index contributed by atoms with van der Waals surface area (Å²) in [6.45, 7) is 1.41. The Morgan fingerprint density at radius 1 is 1.59 bits per heavy atom. The molecule has 1 aliphatic rings. The van der Waals surface area contributed by atoms with Crippen molar-refractivity contribution in [2.75, 3.05) is 20.3 Å². The van der Waals surface area contributed by atoms with Crippen molar-refractivity contribution in [1.82, 2.24) is 4.90 Å². The van der Waals surface area contributed by atoms with Crippen LogP contribution in [-0.4, -0.2) is 37.1 Å². The maximum absolute atomic E-state index is 12.3. The molecule has 3 nitrogen and oxygen atoms in total. The maximum Gasteiger partial charge on any atom is 0.254 e. The van der Waals surface area contributed by atoms with Crippen LogP contribution in [0.2, 0.25) is 5.02 Å². The average Bonchev–Trinajstić information content (AvgIpc) is 2.77. The van der Waals surface area contributed by atoms with Crippen LogP contribution >= 0.6 is 11.6 Å². The molecule has 1 atom stereocenters. The molecule has 0 bridgehead atoms. The van der Waals surface area contributed by atoms with Crippen LogP contribution in [0.4, 0.5) is 0 Å². The van der Waals surface area contributed by atoms with Gasteiger partial charge in [0.05, 0.1) is 12.6 Å². The van der Waals surface area contributed by atoms with Crippen molar-refractivity contribution < 1.29 is 9.53 Å². The van der Waals surface area contributed by atoms with Gasteiger partial charge in [-0.25, -0.2) is 0 Å². The highest BCUT2D eigenvalue weighted by atomic mass is 35.5. The number of nitrogens with zero attached hydrogens (tertiary/aromatic N) is 1. The number of methoxy groups -OCH3 is 1. The van der Waals surface area contributed by atoms with Gasteiger partial charge < -0.3 is 9.64 Å². The average molecular weight is 254 g/mol. The van der Waals surface area contributed by atoms with E-state index in [1.165, 1.54) is 0 Å². The molecule has 4 heteroatoms. The van der Waals surface area contributed by atoms with Gasteiger partial charge in [-0.2, -0.15) is 0 Å². The second kappa shape index (κ2) is 5.52. The Labute approximate surface area is 106 Å². The van der Waals surface area contributed by atoms with Crippen molar-refractivity contribution in [2.45, 2.75) is 18.9 Å². The van der Waals surface area contributed by atoms with E-state index < -0.39 is 0 Å². The molecule has 0 aliphatic carbocycles. The van der Waals surface area contributed by atoms with Crippen LogP contribution in [0.15, 0.2) is 24.3 Å². The lowest BCUT2D eigenvalue weighted by molar-refractivity contribution is 0.0630. The highest BCUT2D eigenvalue weighted by molar-refractivity contribution is 6.30. The molecule has 0 radical (unpaired) electrons. The second-order valence-electron chi connectivity index (χ2n) is 4.26. The first-order valence-electron chi connectivity index (χ1n) is 5.78.